The summed E-state index contributed by atoms with van der Waals surface area (Å²) in [6.45, 7) is 5.99. The van der Waals surface area contributed by atoms with Crippen LogP contribution in [0.15, 0.2) is 28.7 Å². The number of halogens is 1. The van der Waals surface area contributed by atoms with E-state index < -0.39 is 18.2 Å². The normalized spacial score (nSPS) is 19.6. The minimum Gasteiger partial charge on any atom is -0.394 e. The lowest BCUT2D eigenvalue weighted by Crippen LogP contribution is -2.51. The van der Waals surface area contributed by atoms with E-state index in [1.807, 2.05) is 20.8 Å². The summed E-state index contributed by atoms with van der Waals surface area (Å²) in [5.41, 5.74) is 0.203. The zero-order valence-electron chi connectivity index (χ0n) is 16.1. The molecule has 1 aromatic rings. The van der Waals surface area contributed by atoms with Gasteiger partial charge in [-0.3, -0.25) is 9.59 Å². The fourth-order valence-electron chi connectivity index (χ4n) is 3.14. The lowest BCUT2D eigenvalue weighted by molar-refractivity contribution is -0.126. The van der Waals surface area contributed by atoms with Crippen molar-refractivity contribution in [2.45, 2.75) is 58.2 Å². The second-order valence-corrected chi connectivity index (χ2v) is 9.08. The van der Waals surface area contributed by atoms with Gasteiger partial charge < -0.3 is 20.4 Å². The first-order valence-corrected chi connectivity index (χ1v) is 10.1. The maximum Gasteiger partial charge on any atom is 0.254 e. The molecule has 1 fully saturated rings. The molecular formula is C20H29BrN2O4. The number of carbonyl (C=O) groups excluding carboxylic acids is 2. The van der Waals surface area contributed by atoms with Crippen LogP contribution in [-0.4, -0.2) is 58.3 Å². The summed E-state index contributed by atoms with van der Waals surface area (Å²) in [5.74, 6) is -0.450. The molecule has 1 aliphatic heterocycles. The molecule has 0 bridgehead atoms. The zero-order chi connectivity index (χ0) is 20.2. The van der Waals surface area contributed by atoms with Gasteiger partial charge in [-0.2, -0.15) is 0 Å². The first kappa shape index (κ1) is 21.9. The quantitative estimate of drug-likeness (QED) is 0.632. The van der Waals surface area contributed by atoms with Crippen LogP contribution in [0.3, 0.4) is 0 Å². The Morgan fingerprint density at radius 2 is 1.93 bits per heavy atom. The Morgan fingerprint density at radius 1 is 1.30 bits per heavy atom. The molecule has 2 amide bonds. The number of aliphatic hydroxyl groups excluding tert-OH is 2. The van der Waals surface area contributed by atoms with Crippen molar-refractivity contribution in [3.05, 3.63) is 34.3 Å². The minimum absolute atomic E-state index is 0.171. The molecule has 6 nitrogen and oxygen atoms in total. The van der Waals surface area contributed by atoms with E-state index in [0.29, 0.717) is 18.5 Å². The lowest BCUT2D eigenvalue weighted by atomic mass is 9.85. The van der Waals surface area contributed by atoms with E-state index >= 15 is 0 Å². The van der Waals surface area contributed by atoms with Gasteiger partial charge in [0.15, 0.2) is 0 Å². The highest BCUT2D eigenvalue weighted by molar-refractivity contribution is 9.10. The van der Waals surface area contributed by atoms with Gasteiger partial charge in [0.1, 0.15) is 6.04 Å². The summed E-state index contributed by atoms with van der Waals surface area (Å²) in [6, 6.07) is 5.97. The van der Waals surface area contributed by atoms with E-state index in [-0.39, 0.29) is 30.3 Å². The topological polar surface area (TPSA) is 89.9 Å². The SMILES string of the molecule is CC(C)(C)[C@H](O)C[C@H](CO)NC(=O)[C@H]1CCCN1C(=O)c1ccc(Br)cc1. The Hall–Kier alpha value is -1.44. The zero-order valence-corrected chi connectivity index (χ0v) is 17.7. The fraction of sp³-hybridized carbons (Fsp3) is 0.600. The Balaban J connectivity index is 2.03. The van der Waals surface area contributed by atoms with Crippen LogP contribution in [0.5, 0.6) is 0 Å². The minimum atomic E-state index is -0.654. The van der Waals surface area contributed by atoms with Crippen molar-refractivity contribution in [1.29, 1.82) is 0 Å². The third-order valence-corrected chi connectivity index (χ3v) is 5.51. The number of nitrogens with zero attached hydrogens (tertiary/aromatic N) is 1. The standard InChI is InChI=1S/C20H29BrN2O4/c1-20(2,3)17(25)11-15(12-24)22-18(26)16-5-4-10-23(16)19(27)13-6-8-14(21)9-7-13/h6-9,15-17,24-25H,4-5,10-12H2,1-3H3,(H,22,26)/t15-,16-,17-/m1/s1. The van der Waals surface area contributed by atoms with E-state index in [9.17, 15) is 19.8 Å². The number of amides is 2. The van der Waals surface area contributed by atoms with Gasteiger partial charge in [0, 0.05) is 16.6 Å². The van der Waals surface area contributed by atoms with Gasteiger partial charge in [-0.05, 0) is 48.9 Å². The molecule has 0 radical (unpaired) electrons. The Bertz CT molecular complexity index is 657. The van der Waals surface area contributed by atoms with Crippen LogP contribution in [0.4, 0.5) is 0 Å². The van der Waals surface area contributed by atoms with E-state index in [1.165, 1.54) is 0 Å². The second-order valence-electron chi connectivity index (χ2n) is 8.17. The predicted octanol–water partition coefficient (Wildman–Crippen LogP) is 2.33. The second kappa shape index (κ2) is 9.17. The smallest absolute Gasteiger partial charge is 0.254 e. The summed E-state index contributed by atoms with van der Waals surface area (Å²) >= 11 is 3.35. The van der Waals surface area contributed by atoms with E-state index in [1.54, 1.807) is 29.2 Å². The number of carbonyl (C=O) groups is 2. The number of likely N-dealkylation sites (tertiary alicyclic amines) is 1. The predicted molar refractivity (Wildman–Crippen MR) is 107 cm³/mol. The molecule has 150 valence electrons. The first-order valence-electron chi connectivity index (χ1n) is 9.29. The molecule has 0 spiro atoms. The Morgan fingerprint density at radius 3 is 2.48 bits per heavy atom. The van der Waals surface area contributed by atoms with Crippen molar-refractivity contribution in [3.63, 3.8) is 0 Å². The summed E-state index contributed by atoms with van der Waals surface area (Å²) in [4.78, 5) is 27.1. The van der Waals surface area contributed by atoms with Crippen LogP contribution in [-0.2, 0) is 4.79 Å². The van der Waals surface area contributed by atoms with E-state index in [0.717, 1.165) is 10.9 Å². The van der Waals surface area contributed by atoms with E-state index in [2.05, 4.69) is 21.2 Å². The molecule has 7 heteroatoms. The molecule has 0 aliphatic carbocycles. The number of benzene rings is 1. The molecule has 1 aliphatic rings. The van der Waals surface area contributed by atoms with Crippen LogP contribution < -0.4 is 5.32 Å². The van der Waals surface area contributed by atoms with Gasteiger partial charge in [0.2, 0.25) is 5.91 Å². The molecule has 1 saturated heterocycles. The molecule has 2 rings (SSSR count). The van der Waals surface area contributed by atoms with Crippen molar-refractivity contribution in [3.8, 4) is 0 Å². The maximum absolute atomic E-state index is 12.8. The molecular weight excluding hydrogens is 412 g/mol. The molecule has 0 unspecified atom stereocenters. The monoisotopic (exact) mass is 440 g/mol. The van der Waals surface area contributed by atoms with Crippen molar-refractivity contribution < 1.29 is 19.8 Å². The Kier molecular flexibility index (Phi) is 7.42. The molecule has 1 heterocycles. The summed E-state index contributed by atoms with van der Waals surface area (Å²) in [6.07, 6.45) is 0.959. The number of hydrogen-bond donors (Lipinski definition) is 3. The highest BCUT2D eigenvalue weighted by atomic mass is 79.9. The molecule has 0 saturated carbocycles. The highest BCUT2D eigenvalue weighted by Gasteiger charge is 2.36. The van der Waals surface area contributed by atoms with Crippen molar-refractivity contribution in [1.82, 2.24) is 10.2 Å². The van der Waals surface area contributed by atoms with Crippen LogP contribution in [0, 0.1) is 5.41 Å². The molecule has 27 heavy (non-hydrogen) atoms. The average Bonchev–Trinajstić information content (AvgIpc) is 3.10. The summed E-state index contributed by atoms with van der Waals surface area (Å²) < 4.78 is 0.887. The van der Waals surface area contributed by atoms with Gasteiger partial charge in [0.25, 0.3) is 5.91 Å². The number of rotatable bonds is 6. The molecule has 3 atom stereocenters. The van der Waals surface area contributed by atoms with Gasteiger partial charge in [-0.1, -0.05) is 36.7 Å². The molecule has 1 aromatic carbocycles. The van der Waals surface area contributed by atoms with Crippen LogP contribution >= 0.6 is 15.9 Å². The summed E-state index contributed by atoms with van der Waals surface area (Å²) in [7, 11) is 0. The van der Waals surface area contributed by atoms with E-state index in [4.69, 9.17) is 0 Å². The van der Waals surface area contributed by atoms with Crippen molar-refractivity contribution in [2.24, 2.45) is 5.41 Å². The lowest BCUT2D eigenvalue weighted by Gasteiger charge is -2.30. The van der Waals surface area contributed by atoms with Crippen molar-refractivity contribution >= 4 is 27.7 Å². The van der Waals surface area contributed by atoms with Crippen molar-refractivity contribution in [2.75, 3.05) is 13.2 Å². The largest absolute Gasteiger partial charge is 0.394 e. The Labute approximate surface area is 169 Å². The highest BCUT2D eigenvalue weighted by Crippen LogP contribution is 2.24. The third kappa shape index (κ3) is 5.77. The summed E-state index contributed by atoms with van der Waals surface area (Å²) in [5, 5.41) is 22.7. The third-order valence-electron chi connectivity index (χ3n) is 4.98. The van der Waals surface area contributed by atoms with Crippen LogP contribution in [0.25, 0.3) is 0 Å². The van der Waals surface area contributed by atoms with Gasteiger partial charge in [0.05, 0.1) is 18.8 Å². The van der Waals surface area contributed by atoms with Gasteiger partial charge >= 0.3 is 0 Å². The number of hydrogen-bond acceptors (Lipinski definition) is 4. The fourth-order valence-corrected chi connectivity index (χ4v) is 3.40. The van der Waals surface area contributed by atoms with Gasteiger partial charge in [-0.25, -0.2) is 0 Å². The molecule has 0 aromatic heterocycles. The number of aliphatic hydroxyl groups is 2. The number of nitrogens with one attached hydrogen (secondary N) is 1. The average molecular weight is 441 g/mol. The van der Waals surface area contributed by atoms with Gasteiger partial charge in [-0.15, -0.1) is 0 Å². The van der Waals surface area contributed by atoms with Crippen LogP contribution in [0.2, 0.25) is 0 Å². The van der Waals surface area contributed by atoms with Crippen LogP contribution in [0.1, 0.15) is 50.4 Å². The maximum atomic E-state index is 12.8. The molecule has 3 N–H and O–H groups in total. The first-order chi connectivity index (χ1) is 12.6.